The summed E-state index contributed by atoms with van der Waals surface area (Å²) in [6.45, 7) is 2.41. The topological polar surface area (TPSA) is 21.1 Å². The van der Waals surface area contributed by atoms with Crippen LogP contribution in [-0.4, -0.2) is 34.8 Å². The number of likely N-dealkylation sites (tertiary alicyclic amines) is 1. The van der Waals surface area contributed by atoms with Crippen LogP contribution in [0.15, 0.2) is 4.60 Å². The number of fused-ring (bicyclic) bond motifs is 1. The van der Waals surface area contributed by atoms with Crippen molar-refractivity contribution in [2.45, 2.75) is 38.1 Å². The maximum atomic E-state index is 4.70. The molecule has 3 nitrogen and oxygen atoms in total. The van der Waals surface area contributed by atoms with Crippen LogP contribution < -0.4 is 0 Å². The Morgan fingerprint density at radius 1 is 1.25 bits per heavy atom. The van der Waals surface area contributed by atoms with Gasteiger partial charge < -0.3 is 4.90 Å². The van der Waals surface area contributed by atoms with Crippen molar-refractivity contribution in [1.29, 1.82) is 0 Å². The molecule has 0 radical (unpaired) electrons. The van der Waals surface area contributed by atoms with E-state index in [-0.39, 0.29) is 0 Å². The molecule has 88 valence electrons. The highest BCUT2D eigenvalue weighted by Crippen LogP contribution is 2.33. The molecular formula is C12H18BrN3. The monoisotopic (exact) mass is 283 g/mol. The van der Waals surface area contributed by atoms with Crippen molar-refractivity contribution in [2.24, 2.45) is 0 Å². The fraction of sp³-hybridized carbons (Fsp3) is 0.750. The van der Waals surface area contributed by atoms with Crippen LogP contribution in [0.2, 0.25) is 0 Å². The van der Waals surface area contributed by atoms with Crippen LogP contribution in [0.1, 0.15) is 36.6 Å². The van der Waals surface area contributed by atoms with Gasteiger partial charge in [0.1, 0.15) is 4.60 Å². The third-order valence-corrected chi connectivity index (χ3v) is 4.58. The van der Waals surface area contributed by atoms with E-state index in [0.29, 0.717) is 6.04 Å². The Kier molecular flexibility index (Phi) is 2.80. The zero-order valence-electron chi connectivity index (χ0n) is 9.75. The van der Waals surface area contributed by atoms with E-state index in [1.54, 1.807) is 0 Å². The predicted octanol–water partition coefficient (Wildman–Crippen LogP) is 2.40. The molecule has 1 saturated heterocycles. The molecule has 1 aromatic rings. The van der Waals surface area contributed by atoms with Gasteiger partial charge >= 0.3 is 0 Å². The summed E-state index contributed by atoms with van der Waals surface area (Å²) >= 11 is 3.60. The lowest BCUT2D eigenvalue weighted by atomic mass is 10.1. The first-order valence-electron chi connectivity index (χ1n) is 6.20. The third-order valence-electron chi connectivity index (χ3n) is 3.94. The summed E-state index contributed by atoms with van der Waals surface area (Å²) in [5.41, 5.74) is 2.97. The molecule has 0 aromatic carbocycles. The summed E-state index contributed by atoms with van der Waals surface area (Å²) in [5.74, 6) is 0. The van der Waals surface area contributed by atoms with Crippen LogP contribution in [-0.2, 0) is 12.8 Å². The van der Waals surface area contributed by atoms with Gasteiger partial charge in [0.25, 0.3) is 0 Å². The van der Waals surface area contributed by atoms with Crippen molar-refractivity contribution in [2.75, 3.05) is 20.1 Å². The SMILES string of the molecule is CN1CCC(n2nc(Br)c3c2CCC3)CC1. The molecule has 0 bridgehead atoms. The molecule has 1 aliphatic heterocycles. The molecule has 1 aromatic heterocycles. The van der Waals surface area contributed by atoms with Crippen LogP contribution in [0.4, 0.5) is 0 Å². The fourth-order valence-corrected chi connectivity index (χ4v) is 3.56. The summed E-state index contributed by atoms with van der Waals surface area (Å²) in [6.07, 6.45) is 6.23. The standard InChI is InChI=1S/C12H18BrN3/c1-15-7-5-9(6-8-15)16-11-4-2-3-10(11)12(13)14-16/h9H,2-8H2,1H3. The van der Waals surface area contributed by atoms with Gasteiger partial charge in [0.2, 0.25) is 0 Å². The van der Waals surface area contributed by atoms with Gasteiger partial charge in [0, 0.05) is 11.3 Å². The summed E-state index contributed by atoms with van der Waals surface area (Å²) in [7, 11) is 2.21. The van der Waals surface area contributed by atoms with Gasteiger partial charge in [0.15, 0.2) is 0 Å². The normalized spacial score (nSPS) is 22.6. The van der Waals surface area contributed by atoms with E-state index in [4.69, 9.17) is 5.10 Å². The zero-order chi connectivity index (χ0) is 11.1. The molecular weight excluding hydrogens is 266 g/mol. The quantitative estimate of drug-likeness (QED) is 0.789. The third kappa shape index (κ3) is 1.72. The Morgan fingerprint density at radius 3 is 2.75 bits per heavy atom. The maximum absolute atomic E-state index is 4.70. The predicted molar refractivity (Wildman–Crippen MR) is 67.7 cm³/mol. The lowest BCUT2D eigenvalue weighted by molar-refractivity contribution is 0.209. The molecule has 0 atom stereocenters. The molecule has 2 heterocycles. The number of rotatable bonds is 1. The number of halogens is 1. The number of piperidine rings is 1. The highest BCUT2D eigenvalue weighted by atomic mass is 79.9. The van der Waals surface area contributed by atoms with Gasteiger partial charge in [-0.2, -0.15) is 5.10 Å². The Bertz CT molecular complexity index is 391. The molecule has 4 heteroatoms. The molecule has 1 aliphatic carbocycles. The van der Waals surface area contributed by atoms with Crippen molar-refractivity contribution >= 4 is 15.9 Å². The molecule has 0 N–H and O–H groups in total. The van der Waals surface area contributed by atoms with Crippen LogP contribution in [0, 0.1) is 0 Å². The smallest absolute Gasteiger partial charge is 0.131 e. The number of aromatic nitrogens is 2. The molecule has 16 heavy (non-hydrogen) atoms. The first kappa shape index (κ1) is 10.8. The summed E-state index contributed by atoms with van der Waals surface area (Å²) < 4.78 is 3.42. The second-order valence-electron chi connectivity index (χ2n) is 5.05. The summed E-state index contributed by atoms with van der Waals surface area (Å²) in [6, 6.07) is 0.634. The van der Waals surface area contributed by atoms with Gasteiger partial charge in [-0.3, -0.25) is 4.68 Å². The number of hydrogen-bond donors (Lipinski definition) is 0. The van der Waals surface area contributed by atoms with Crippen LogP contribution in [0.5, 0.6) is 0 Å². The summed E-state index contributed by atoms with van der Waals surface area (Å²) in [4.78, 5) is 2.41. The van der Waals surface area contributed by atoms with E-state index < -0.39 is 0 Å². The van der Waals surface area contributed by atoms with Crippen LogP contribution >= 0.6 is 15.9 Å². The average Bonchev–Trinajstić information content (AvgIpc) is 2.84. The lowest BCUT2D eigenvalue weighted by Gasteiger charge is -2.29. The van der Waals surface area contributed by atoms with Gasteiger partial charge in [0.05, 0.1) is 6.04 Å². The fourth-order valence-electron chi connectivity index (χ4n) is 2.96. The van der Waals surface area contributed by atoms with Crippen molar-refractivity contribution < 1.29 is 0 Å². The second-order valence-corrected chi connectivity index (χ2v) is 5.80. The molecule has 0 saturated carbocycles. The van der Waals surface area contributed by atoms with E-state index in [0.717, 1.165) is 4.60 Å². The summed E-state index contributed by atoms with van der Waals surface area (Å²) in [5, 5.41) is 4.70. The van der Waals surface area contributed by atoms with E-state index >= 15 is 0 Å². The Morgan fingerprint density at radius 2 is 2.00 bits per heavy atom. The van der Waals surface area contributed by atoms with Crippen molar-refractivity contribution in [3.8, 4) is 0 Å². The van der Waals surface area contributed by atoms with E-state index in [1.807, 2.05) is 0 Å². The highest BCUT2D eigenvalue weighted by Gasteiger charge is 2.26. The van der Waals surface area contributed by atoms with E-state index in [1.165, 1.54) is 56.5 Å². The van der Waals surface area contributed by atoms with Crippen LogP contribution in [0.3, 0.4) is 0 Å². The molecule has 2 aliphatic rings. The first-order valence-corrected chi connectivity index (χ1v) is 6.99. The van der Waals surface area contributed by atoms with Gasteiger partial charge in [-0.1, -0.05) is 0 Å². The van der Waals surface area contributed by atoms with Crippen LogP contribution in [0.25, 0.3) is 0 Å². The number of nitrogens with zero attached hydrogens (tertiary/aromatic N) is 3. The Labute approximate surface area is 105 Å². The van der Waals surface area contributed by atoms with Gasteiger partial charge in [-0.25, -0.2) is 0 Å². The lowest BCUT2D eigenvalue weighted by Crippen LogP contribution is -2.32. The Balaban J connectivity index is 1.87. The zero-order valence-corrected chi connectivity index (χ0v) is 11.3. The maximum Gasteiger partial charge on any atom is 0.131 e. The molecule has 0 spiro atoms. The van der Waals surface area contributed by atoms with Gasteiger partial charge in [-0.15, -0.1) is 0 Å². The van der Waals surface area contributed by atoms with E-state index in [2.05, 4.69) is 32.6 Å². The van der Waals surface area contributed by atoms with Gasteiger partial charge in [-0.05, 0) is 68.2 Å². The van der Waals surface area contributed by atoms with Crippen molar-refractivity contribution in [1.82, 2.24) is 14.7 Å². The minimum Gasteiger partial charge on any atom is -0.306 e. The largest absolute Gasteiger partial charge is 0.306 e. The van der Waals surface area contributed by atoms with Crippen molar-refractivity contribution in [3.63, 3.8) is 0 Å². The van der Waals surface area contributed by atoms with Crippen molar-refractivity contribution in [3.05, 3.63) is 15.9 Å². The highest BCUT2D eigenvalue weighted by molar-refractivity contribution is 9.10. The minimum atomic E-state index is 0.634. The first-order chi connectivity index (χ1) is 7.75. The average molecular weight is 284 g/mol. The minimum absolute atomic E-state index is 0.634. The number of hydrogen-bond acceptors (Lipinski definition) is 2. The molecule has 3 rings (SSSR count). The molecule has 1 fully saturated rings. The Hall–Kier alpha value is -0.350. The second kappa shape index (κ2) is 4.15. The molecule has 0 amide bonds. The van der Waals surface area contributed by atoms with E-state index in [9.17, 15) is 0 Å². The molecule has 0 unspecified atom stereocenters.